The molecule has 19 heavy (non-hydrogen) atoms. The molecule has 1 atom stereocenters. The summed E-state index contributed by atoms with van der Waals surface area (Å²) in [5.74, 6) is 0.119. The normalized spacial score (nSPS) is 16.9. The highest BCUT2D eigenvalue weighted by molar-refractivity contribution is 7.10. The number of rotatable bonds is 6. The van der Waals surface area contributed by atoms with Gasteiger partial charge >= 0.3 is 0 Å². The molecule has 2 rings (SSSR count). The fourth-order valence-corrected chi connectivity index (χ4v) is 3.38. The Morgan fingerprint density at radius 3 is 3.21 bits per heavy atom. The van der Waals surface area contributed by atoms with Crippen LogP contribution >= 0.6 is 11.3 Å². The molecule has 0 saturated carbocycles. The van der Waals surface area contributed by atoms with E-state index in [0.29, 0.717) is 13.0 Å². The van der Waals surface area contributed by atoms with Gasteiger partial charge in [-0.3, -0.25) is 9.69 Å². The zero-order valence-corrected chi connectivity index (χ0v) is 12.3. The van der Waals surface area contributed by atoms with E-state index in [0.717, 1.165) is 32.5 Å². The molecule has 0 saturated heterocycles. The topological polar surface area (TPSA) is 58.4 Å². The van der Waals surface area contributed by atoms with Gasteiger partial charge in [-0.25, -0.2) is 0 Å². The standard InChI is InChI=1S/C14H23N3OS/c1-2-5-16-14(18)8-12(9-15)17-6-3-13-11(10-17)4-7-19-13/h4,7,12H,2-3,5-6,8-10,15H2,1H3,(H,16,18). The molecule has 1 aromatic heterocycles. The number of hydrogen-bond acceptors (Lipinski definition) is 4. The minimum absolute atomic E-state index is 0.119. The Kier molecular flexibility index (Phi) is 5.36. The zero-order chi connectivity index (χ0) is 13.7. The minimum Gasteiger partial charge on any atom is -0.356 e. The van der Waals surface area contributed by atoms with Crippen molar-refractivity contribution in [2.24, 2.45) is 5.73 Å². The maximum atomic E-state index is 11.8. The third-order valence-corrected chi connectivity index (χ3v) is 4.64. The number of nitrogens with zero attached hydrogens (tertiary/aromatic N) is 1. The average Bonchev–Trinajstić information content (AvgIpc) is 2.89. The van der Waals surface area contributed by atoms with Gasteiger partial charge in [-0.1, -0.05) is 6.92 Å². The molecule has 0 fully saturated rings. The Morgan fingerprint density at radius 2 is 2.47 bits per heavy atom. The average molecular weight is 281 g/mol. The van der Waals surface area contributed by atoms with Crippen LogP contribution in [0.15, 0.2) is 11.4 Å². The van der Waals surface area contributed by atoms with Gasteiger partial charge < -0.3 is 11.1 Å². The fourth-order valence-electron chi connectivity index (χ4n) is 2.49. The van der Waals surface area contributed by atoms with Crippen LogP contribution < -0.4 is 11.1 Å². The Labute approximate surface area is 119 Å². The SMILES string of the molecule is CCCNC(=O)CC(CN)N1CCc2sccc2C1. The molecule has 0 aliphatic carbocycles. The molecule has 5 heteroatoms. The van der Waals surface area contributed by atoms with E-state index in [-0.39, 0.29) is 11.9 Å². The van der Waals surface area contributed by atoms with Gasteiger partial charge in [0.25, 0.3) is 0 Å². The number of nitrogens with one attached hydrogen (secondary N) is 1. The lowest BCUT2D eigenvalue weighted by Crippen LogP contribution is -2.45. The largest absolute Gasteiger partial charge is 0.356 e. The molecular weight excluding hydrogens is 258 g/mol. The van der Waals surface area contributed by atoms with Crippen molar-refractivity contribution in [2.45, 2.75) is 38.8 Å². The van der Waals surface area contributed by atoms with Crippen LogP contribution in [0, 0.1) is 0 Å². The molecule has 1 unspecified atom stereocenters. The molecule has 0 aromatic carbocycles. The van der Waals surface area contributed by atoms with Gasteiger partial charge in [-0.05, 0) is 29.9 Å². The van der Waals surface area contributed by atoms with Crippen molar-refractivity contribution in [3.63, 3.8) is 0 Å². The molecule has 1 aliphatic heterocycles. The number of nitrogens with two attached hydrogens (primary N) is 1. The summed E-state index contributed by atoms with van der Waals surface area (Å²) in [4.78, 5) is 15.7. The second-order valence-electron chi connectivity index (χ2n) is 5.03. The zero-order valence-electron chi connectivity index (χ0n) is 11.5. The van der Waals surface area contributed by atoms with Gasteiger partial charge in [0.2, 0.25) is 5.91 Å². The number of carbonyl (C=O) groups excluding carboxylic acids is 1. The predicted octanol–water partition coefficient (Wildman–Crippen LogP) is 1.35. The number of amides is 1. The molecule has 1 aliphatic rings. The first-order valence-electron chi connectivity index (χ1n) is 7.00. The number of fused-ring (bicyclic) bond motifs is 1. The van der Waals surface area contributed by atoms with Crippen molar-refractivity contribution in [3.05, 3.63) is 21.9 Å². The van der Waals surface area contributed by atoms with E-state index < -0.39 is 0 Å². The molecule has 3 N–H and O–H groups in total. The van der Waals surface area contributed by atoms with Crippen molar-refractivity contribution in [1.82, 2.24) is 10.2 Å². The van der Waals surface area contributed by atoms with Crippen LogP contribution in [-0.2, 0) is 17.8 Å². The first-order chi connectivity index (χ1) is 9.24. The van der Waals surface area contributed by atoms with Crippen molar-refractivity contribution in [3.8, 4) is 0 Å². The van der Waals surface area contributed by atoms with E-state index in [1.165, 1.54) is 10.4 Å². The second-order valence-corrected chi connectivity index (χ2v) is 6.03. The van der Waals surface area contributed by atoms with Crippen LogP contribution in [0.5, 0.6) is 0 Å². The van der Waals surface area contributed by atoms with Crippen molar-refractivity contribution >= 4 is 17.2 Å². The Hall–Kier alpha value is -0.910. The van der Waals surface area contributed by atoms with Crippen LogP contribution in [0.25, 0.3) is 0 Å². The van der Waals surface area contributed by atoms with E-state index in [1.807, 2.05) is 11.3 Å². The van der Waals surface area contributed by atoms with Crippen molar-refractivity contribution in [2.75, 3.05) is 19.6 Å². The Bertz CT molecular complexity index is 419. The Morgan fingerprint density at radius 1 is 1.63 bits per heavy atom. The maximum absolute atomic E-state index is 11.8. The molecule has 1 aromatic rings. The second kappa shape index (κ2) is 7.03. The fraction of sp³-hybridized carbons (Fsp3) is 0.643. The Balaban J connectivity index is 1.90. The summed E-state index contributed by atoms with van der Waals surface area (Å²) in [7, 11) is 0. The van der Waals surface area contributed by atoms with Crippen molar-refractivity contribution in [1.29, 1.82) is 0 Å². The van der Waals surface area contributed by atoms with Crippen LogP contribution in [0.4, 0.5) is 0 Å². The summed E-state index contributed by atoms with van der Waals surface area (Å²) in [5, 5.41) is 5.08. The third kappa shape index (κ3) is 3.78. The lowest BCUT2D eigenvalue weighted by Gasteiger charge is -2.33. The summed E-state index contributed by atoms with van der Waals surface area (Å²) in [6.07, 6.45) is 2.57. The van der Waals surface area contributed by atoms with Crippen LogP contribution in [0.1, 0.15) is 30.2 Å². The lowest BCUT2D eigenvalue weighted by atomic mass is 10.0. The van der Waals surface area contributed by atoms with E-state index in [1.54, 1.807) is 0 Å². The van der Waals surface area contributed by atoms with Gasteiger partial charge in [0.15, 0.2) is 0 Å². The molecule has 2 heterocycles. The minimum atomic E-state index is 0.119. The highest BCUT2D eigenvalue weighted by atomic mass is 32.1. The molecule has 0 bridgehead atoms. The summed E-state index contributed by atoms with van der Waals surface area (Å²) < 4.78 is 0. The summed E-state index contributed by atoms with van der Waals surface area (Å²) in [5.41, 5.74) is 7.26. The highest BCUT2D eigenvalue weighted by Gasteiger charge is 2.24. The first kappa shape index (κ1) is 14.5. The van der Waals surface area contributed by atoms with Gasteiger partial charge in [0.1, 0.15) is 0 Å². The number of thiophene rings is 1. The van der Waals surface area contributed by atoms with Gasteiger partial charge in [0.05, 0.1) is 0 Å². The summed E-state index contributed by atoms with van der Waals surface area (Å²) >= 11 is 1.83. The molecule has 0 spiro atoms. The first-order valence-corrected chi connectivity index (χ1v) is 7.88. The van der Waals surface area contributed by atoms with Gasteiger partial charge in [-0.15, -0.1) is 11.3 Å². The number of hydrogen-bond donors (Lipinski definition) is 2. The quantitative estimate of drug-likeness (QED) is 0.827. The predicted molar refractivity (Wildman–Crippen MR) is 79.2 cm³/mol. The molecular formula is C14H23N3OS. The van der Waals surface area contributed by atoms with Gasteiger partial charge in [0, 0.05) is 43.5 Å². The number of carbonyl (C=O) groups is 1. The lowest BCUT2D eigenvalue weighted by molar-refractivity contribution is -0.122. The molecule has 1 amide bonds. The smallest absolute Gasteiger partial charge is 0.221 e. The van der Waals surface area contributed by atoms with E-state index in [2.05, 4.69) is 28.6 Å². The summed E-state index contributed by atoms with van der Waals surface area (Å²) in [6.45, 7) is 5.30. The van der Waals surface area contributed by atoms with Crippen LogP contribution in [0.2, 0.25) is 0 Å². The van der Waals surface area contributed by atoms with Crippen LogP contribution in [0.3, 0.4) is 0 Å². The van der Waals surface area contributed by atoms with E-state index in [4.69, 9.17) is 5.73 Å². The third-order valence-electron chi connectivity index (χ3n) is 3.62. The van der Waals surface area contributed by atoms with Gasteiger partial charge in [-0.2, -0.15) is 0 Å². The molecule has 4 nitrogen and oxygen atoms in total. The van der Waals surface area contributed by atoms with Crippen LogP contribution in [-0.4, -0.2) is 36.5 Å². The highest BCUT2D eigenvalue weighted by Crippen LogP contribution is 2.25. The summed E-state index contributed by atoms with van der Waals surface area (Å²) in [6, 6.07) is 2.35. The molecule has 106 valence electrons. The monoisotopic (exact) mass is 281 g/mol. The van der Waals surface area contributed by atoms with Crippen molar-refractivity contribution < 1.29 is 4.79 Å². The van der Waals surface area contributed by atoms with E-state index in [9.17, 15) is 4.79 Å². The van der Waals surface area contributed by atoms with E-state index >= 15 is 0 Å². The molecule has 0 radical (unpaired) electrons. The maximum Gasteiger partial charge on any atom is 0.221 e.